The van der Waals surface area contributed by atoms with Gasteiger partial charge in [0, 0.05) is 43.8 Å². The number of hydrogen-bond donors (Lipinski definition) is 0. The molecule has 7 heteroatoms. The predicted octanol–water partition coefficient (Wildman–Crippen LogP) is 4.86. The summed E-state index contributed by atoms with van der Waals surface area (Å²) in [5.41, 5.74) is 2.64. The number of amides is 1. The molecule has 0 radical (unpaired) electrons. The number of anilines is 1. The van der Waals surface area contributed by atoms with Crippen molar-refractivity contribution < 1.29 is 13.9 Å². The largest absolute Gasteiger partial charge is 0.497 e. The Hall–Kier alpha value is -3.32. The monoisotopic (exact) mass is 449 g/mol. The van der Waals surface area contributed by atoms with E-state index >= 15 is 0 Å². The molecule has 0 aliphatic carbocycles. The minimum absolute atomic E-state index is 0.0270. The van der Waals surface area contributed by atoms with Gasteiger partial charge in [-0.2, -0.15) is 0 Å². The molecular formula is C25H24FN3O2S. The number of thiophene rings is 1. The van der Waals surface area contributed by atoms with E-state index in [1.165, 1.54) is 12.1 Å². The van der Waals surface area contributed by atoms with Crippen molar-refractivity contribution in [3.63, 3.8) is 0 Å². The minimum Gasteiger partial charge on any atom is -0.497 e. The fraction of sp³-hybridized carbons (Fsp3) is 0.240. The highest BCUT2D eigenvalue weighted by Crippen LogP contribution is 2.28. The van der Waals surface area contributed by atoms with E-state index < -0.39 is 0 Å². The quantitative estimate of drug-likeness (QED) is 0.437. The van der Waals surface area contributed by atoms with Gasteiger partial charge in [-0.3, -0.25) is 4.79 Å². The van der Waals surface area contributed by atoms with Crippen LogP contribution in [0.25, 0.3) is 10.2 Å². The Bertz CT molecular complexity index is 1240. The minimum atomic E-state index is -0.264. The van der Waals surface area contributed by atoms with Gasteiger partial charge in [-0.25, -0.2) is 4.39 Å². The summed E-state index contributed by atoms with van der Waals surface area (Å²) < 4.78 is 21.0. The van der Waals surface area contributed by atoms with Gasteiger partial charge in [0.25, 0.3) is 5.91 Å². The maximum absolute atomic E-state index is 13.7. The summed E-state index contributed by atoms with van der Waals surface area (Å²) in [6, 6.07) is 18.6. The van der Waals surface area contributed by atoms with Crippen molar-refractivity contribution in [1.82, 2.24) is 9.47 Å². The molecule has 32 heavy (non-hydrogen) atoms. The first-order valence-electron chi connectivity index (χ1n) is 10.6. The van der Waals surface area contributed by atoms with Gasteiger partial charge in [0.1, 0.15) is 22.1 Å². The third-order valence-corrected chi connectivity index (χ3v) is 6.91. The lowest BCUT2D eigenvalue weighted by Gasteiger charge is -2.36. The molecule has 0 spiro atoms. The van der Waals surface area contributed by atoms with Crippen LogP contribution in [0.4, 0.5) is 10.1 Å². The molecule has 2 aromatic carbocycles. The van der Waals surface area contributed by atoms with Crippen molar-refractivity contribution in [2.45, 2.75) is 6.54 Å². The second kappa shape index (κ2) is 8.67. The van der Waals surface area contributed by atoms with Crippen LogP contribution < -0.4 is 9.64 Å². The number of halogens is 1. The van der Waals surface area contributed by atoms with Crippen molar-refractivity contribution in [2.75, 3.05) is 38.2 Å². The van der Waals surface area contributed by atoms with Crippen molar-refractivity contribution in [2.24, 2.45) is 0 Å². The van der Waals surface area contributed by atoms with Gasteiger partial charge in [0.15, 0.2) is 0 Å². The van der Waals surface area contributed by atoms with Crippen molar-refractivity contribution in [3.05, 3.63) is 83.1 Å². The third-order valence-electron chi connectivity index (χ3n) is 5.96. The lowest BCUT2D eigenvalue weighted by molar-refractivity contribution is 0.0737. The summed E-state index contributed by atoms with van der Waals surface area (Å²) in [6.45, 7) is 3.33. The SMILES string of the molecule is COc1ccc(N2CCN(C(=O)c3cc4ccsc4n3Cc3cccc(F)c3)CC2)cc1. The van der Waals surface area contributed by atoms with Crippen LogP contribution in [0.15, 0.2) is 66.0 Å². The molecule has 5 nitrogen and oxygen atoms in total. The Morgan fingerprint density at radius 1 is 1.03 bits per heavy atom. The fourth-order valence-corrected chi connectivity index (χ4v) is 5.15. The Morgan fingerprint density at radius 2 is 1.81 bits per heavy atom. The van der Waals surface area contributed by atoms with E-state index in [2.05, 4.69) is 17.0 Å². The summed E-state index contributed by atoms with van der Waals surface area (Å²) in [5, 5.41) is 3.07. The van der Waals surface area contributed by atoms with Gasteiger partial charge >= 0.3 is 0 Å². The molecule has 4 aromatic rings. The first-order valence-corrected chi connectivity index (χ1v) is 11.5. The number of aromatic nitrogens is 1. The molecule has 0 saturated carbocycles. The number of carbonyl (C=O) groups is 1. The second-order valence-electron chi connectivity index (χ2n) is 7.90. The number of carbonyl (C=O) groups excluding carboxylic acids is 1. The average molecular weight is 450 g/mol. The number of ether oxygens (including phenoxy) is 1. The summed E-state index contributed by atoms with van der Waals surface area (Å²) in [6.07, 6.45) is 0. The van der Waals surface area contributed by atoms with Crippen molar-refractivity contribution in [3.8, 4) is 5.75 Å². The van der Waals surface area contributed by atoms with E-state index in [1.807, 2.05) is 45.2 Å². The van der Waals surface area contributed by atoms with E-state index in [4.69, 9.17) is 4.74 Å². The first-order chi connectivity index (χ1) is 15.6. The van der Waals surface area contributed by atoms with Crippen LogP contribution in [-0.4, -0.2) is 48.7 Å². The van der Waals surface area contributed by atoms with Crippen LogP contribution in [-0.2, 0) is 6.54 Å². The average Bonchev–Trinajstić information content (AvgIpc) is 3.41. The maximum Gasteiger partial charge on any atom is 0.270 e. The van der Waals surface area contributed by atoms with Gasteiger partial charge in [-0.1, -0.05) is 12.1 Å². The summed E-state index contributed by atoms with van der Waals surface area (Å²) in [5.74, 6) is 0.598. The number of piperazine rings is 1. The second-order valence-corrected chi connectivity index (χ2v) is 8.80. The molecule has 1 aliphatic rings. The molecular weight excluding hydrogens is 425 g/mol. The molecule has 1 fully saturated rings. The number of hydrogen-bond acceptors (Lipinski definition) is 4. The summed E-state index contributed by atoms with van der Waals surface area (Å²) >= 11 is 1.60. The van der Waals surface area contributed by atoms with Crippen LogP contribution in [0, 0.1) is 5.82 Å². The lowest BCUT2D eigenvalue weighted by atomic mass is 10.2. The molecule has 3 heterocycles. The molecule has 1 saturated heterocycles. The molecule has 0 bridgehead atoms. The molecule has 0 atom stereocenters. The maximum atomic E-state index is 13.7. The Morgan fingerprint density at radius 3 is 2.53 bits per heavy atom. The topological polar surface area (TPSA) is 37.7 Å². The molecule has 1 aliphatic heterocycles. The lowest BCUT2D eigenvalue weighted by Crippen LogP contribution is -2.49. The van der Waals surface area contributed by atoms with E-state index in [0.717, 1.165) is 40.3 Å². The van der Waals surface area contributed by atoms with Crippen LogP contribution in [0.1, 0.15) is 16.1 Å². The van der Waals surface area contributed by atoms with Gasteiger partial charge in [0.05, 0.1) is 7.11 Å². The molecule has 1 amide bonds. The highest BCUT2D eigenvalue weighted by atomic mass is 32.1. The highest BCUT2D eigenvalue weighted by molar-refractivity contribution is 7.16. The van der Waals surface area contributed by atoms with Gasteiger partial charge < -0.3 is 19.1 Å². The molecule has 5 rings (SSSR count). The number of nitrogens with zero attached hydrogens (tertiary/aromatic N) is 3. The highest BCUT2D eigenvalue weighted by Gasteiger charge is 2.26. The van der Waals surface area contributed by atoms with E-state index in [9.17, 15) is 9.18 Å². The molecule has 0 unspecified atom stereocenters. The number of rotatable bonds is 5. The Labute approximate surface area is 190 Å². The summed E-state index contributed by atoms with van der Waals surface area (Å²) in [7, 11) is 1.66. The molecule has 164 valence electrons. The van der Waals surface area contributed by atoms with Crippen molar-refractivity contribution >= 4 is 33.1 Å². The number of methoxy groups -OCH3 is 1. The zero-order chi connectivity index (χ0) is 22.1. The standard InChI is InChI=1S/C25H24FN3O2S/c1-31-22-7-5-21(6-8-22)27-10-12-28(13-11-27)24(30)23-16-19-9-14-32-25(19)29(23)17-18-3-2-4-20(26)15-18/h2-9,14-16H,10-13,17H2,1H3. The van der Waals surface area contributed by atoms with Crippen LogP contribution in [0.5, 0.6) is 5.75 Å². The fourth-order valence-electron chi connectivity index (χ4n) is 4.25. The zero-order valence-electron chi connectivity index (χ0n) is 17.8. The van der Waals surface area contributed by atoms with Gasteiger partial charge in [0.2, 0.25) is 0 Å². The van der Waals surface area contributed by atoms with Crippen LogP contribution in [0.2, 0.25) is 0 Å². The number of benzene rings is 2. The van der Waals surface area contributed by atoms with E-state index in [1.54, 1.807) is 24.5 Å². The number of fused-ring (bicyclic) bond motifs is 1. The molecule has 2 aromatic heterocycles. The van der Waals surface area contributed by atoms with Crippen LogP contribution >= 0.6 is 11.3 Å². The smallest absolute Gasteiger partial charge is 0.270 e. The Balaban J connectivity index is 1.34. The van der Waals surface area contributed by atoms with Crippen LogP contribution in [0.3, 0.4) is 0 Å². The zero-order valence-corrected chi connectivity index (χ0v) is 18.6. The normalized spacial score (nSPS) is 14.2. The third kappa shape index (κ3) is 3.96. The summed E-state index contributed by atoms with van der Waals surface area (Å²) in [4.78, 5) is 18.7. The molecule has 0 N–H and O–H groups in total. The Kier molecular flexibility index (Phi) is 5.57. The van der Waals surface area contributed by atoms with E-state index in [0.29, 0.717) is 25.3 Å². The first kappa shape index (κ1) is 20.6. The van der Waals surface area contributed by atoms with Crippen molar-refractivity contribution in [1.29, 1.82) is 0 Å². The van der Waals surface area contributed by atoms with E-state index in [-0.39, 0.29) is 11.7 Å². The van der Waals surface area contributed by atoms with Gasteiger partial charge in [-0.05, 0) is 59.5 Å². The predicted molar refractivity (Wildman–Crippen MR) is 126 cm³/mol. The van der Waals surface area contributed by atoms with Gasteiger partial charge in [-0.15, -0.1) is 11.3 Å².